The zero-order chi connectivity index (χ0) is 19.8. The molecule has 1 spiro atoms. The number of nitrogens with zero attached hydrogens (tertiary/aromatic N) is 1. The van der Waals surface area contributed by atoms with Gasteiger partial charge in [-0.2, -0.15) is 11.8 Å². The van der Waals surface area contributed by atoms with Crippen LogP contribution in [0.5, 0.6) is 0 Å². The Bertz CT molecular complexity index is 743. The summed E-state index contributed by atoms with van der Waals surface area (Å²) in [6.07, 6.45) is 0.619. The van der Waals surface area contributed by atoms with E-state index in [0.29, 0.717) is 12.2 Å². The summed E-state index contributed by atoms with van der Waals surface area (Å²) in [5.41, 5.74) is 2.08. The van der Waals surface area contributed by atoms with Gasteiger partial charge in [-0.25, -0.2) is 4.79 Å². The third-order valence-electron chi connectivity index (χ3n) is 5.21. The fourth-order valence-corrected chi connectivity index (χ4v) is 5.00. The molecule has 4 amide bonds. The third kappa shape index (κ3) is 3.70. The monoisotopic (exact) mass is 389 g/mol. The Hall–Kier alpha value is -2.02. The van der Waals surface area contributed by atoms with Gasteiger partial charge in [0.2, 0.25) is 5.91 Å². The first kappa shape index (κ1) is 19.7. The molecule has 2 aliphatic rings. The summed E-state index contributed by atoms with van der Waals surface area (Å²) in [6, 6.07) is 5.54. The lowest BCUT2D eigenvalue weighted by Gasteiger charge is -2.22. The Labute approximate surface area is 164 Å². The van der Waals surface area contributed by atoms with Crippen molar-refractivity contribution in [1.82, 2.24) is 10.2 Å². The number of benzene rings is 1. The second kappa shape index (κ2) is 7.54. The van der Waals surface area contributed by atoms with Crippen molar-refractivity contribution >= 4 is 35.3 Å². The average molecular weight is 390 g/mol. The summed E-state index contributed by atoms with van der Waals surface area (Å²) in [5.74, 6) is 1.27. The van der Waals surface area contributed by atoms with Crippen LogP contribution in [0.4, 0.5) is 10.5 Å². The van der Waals surface area contributed by atoms with Crippen molar-refractivity contribution in [3.8, 4) is 0 Å². The lowest BCUT2D eigenvalue weighted by Crippen LogP contribution is -2.47. The van der Waals surface area contributed by atoms with Crippen molar-refractivity contribution in [2.45, 2.75) is 51.5 Å². The molecule has 146 valence electrons. The van der Waals surface area contributed by atoms with Crippen molar-refractivity contribution < 1.29 is 14.4 Å². The Morgan fingerprint density at radius 1 is 1.22 bits per heavy atom. The van der Waals surface area contributed by atoms with E-state index in [1.54, 1.807) is 11.8 Å². The molecule has 2 N–H and O–H groups in total. The molecule has 1 atom stereocenters. The standard InChI is InChI=1S/C20H27N3O3S/c1-12(2)14-6-5-7-15(13(3)4)17(14)21-16(24)10-23-18(25)20(22-19(23)26)8-9-27-11-20/h5-7,12-13H,8-11H2,1-4H3,(H,21,24)(H,22,26). The number of urea groups is 1. The summed E-state index contributed by atoms with van der Waals surface area (Å²) in [5, 5.41) is 5.76. The normalized spacial score (nSPS) is 22.2. The molecule has 0 saturated carbocycles. The predicted octanol–water partition coefficient (Wildman–Crippen LogP) is 3.30. The Morgan fingerprint density at radius 3 is 2.37 bits per heavy atom. The molecule has 0 bridgehead atoms. The molecule has 2 heterocycles. The van der Waals surface area contributed by atoms with Gasteiger partial charge in [0.25, 0.3) is 5.91 Å². The average Bonchev–Trinajstić information content (AvgIpc) is 3.15. The number of hydrogen-bond acceptors (Lipinski definition) is 4. The van der Waals surface area contributed by atoms with Gasteiger partial charge in [0, 0.05) is 11.4 Å². The Balaban J connectivity index is 1.79. The van der Waals surface area contributed by atoms with Crippen LogP contribution in [0.25, 0.3) is 0 Å². The minimum Gasteiger partial charge on any atom is -0.324 e. The summed E-state index contributed by atoms with van der Waals surface area (Å²) < 4.78 is 0. The molecule has 2 saturated heterocycles. The Kier molecular flexibility index (Phi) is 5.51. The van der Waals surface area contributed by atoms with E-state index >= 15 is 0 Å². The van der Waals surface area contributed by atoms with Gasteiger partial charge in [0.05, 0.1) is 0 Å². The topological polar surface area (TPSA) is 78.5 Å². The van der Waals surface area contributed by atoms with Crippen molar-refractivity contribution in [1.29, 1.82) is 0 Å². The van der Waals surface area contributed by atoms with Gasteiger partial charge >= 0.3 is 6.03 Å². The van der Waals surface area contributed by atoms with Crippen LogP contribution in [0.3, 0.4) is 0 Å². The molecule has 7 heteroatoms. The molecule has 0 aromatic heterocycles. The molecule has 6 nitrogen and oxygen atoms in total. The number of para-hydroxylation sites is 1. The number of imide groups is 1. The van der Waals surface area contributed by atoms with Gasteiger partial charge in [-0.1, -0.05) is 45.9 Å². The molecule has 1 unspecified atom stereocenters. The third-order valence-corrected chi connectivity index (χ3v) is 6.40. The molecule has 1 aromatic carbocycles. The van der Waals surface area contributed by atoms with E-state index in [0.717, 1.165) is 27.5 Å². The second-order valence-corrected chi connectivity index (χ2v) is 8.98. The zero-order valence-corrected chi connectivity index (χ0v) is 17.1. The first-order valence-corrected chi connectivity index (χ1v) is 10.5. The van der Waals surface area contributed by atoms with Crippen LogP contribution in [0.2, 0.25) is 0 Å². The number of hydrogen-bond donors (Lipinski definition) is 2. The predicted molar refractivity (Wildman–Crippen MR) is 108 cm³/mol. The van der Waals surface area contributed by atoms with Crippen LogP contribution >= 0.6 is 11.8 Å². The highest BCUT2D eigenvalue weighted by atomic mass is 32.2. The van der Waals surface area contributed by atoms with Crippen LogP contribution in [0.1, 0.15) is 57.1 Å². The van der Waals surface area contributed by atoms with Crippen LogP contribution in [0.15, 0.2) is 18.2 Å². The zero-order valence-electron chi connectivity index (χ0n) is 16.3. The van der Waals surface area contributed by atoms with Crippen LogP contribution < -0.4 is 10.6 Å². The van der Waals surface area contributed by atoms with Crippen LogP contribution in [-0.4, -0.2) is 46.3 Å². The largest absolute Gasteiger partial charge is 0.325 e. The highest BCUT2D eigenvalue weighted by Gasteiger charge is 2.53. The van der Waals surface area contributed by atoms with E-state index in [-0.39, 0.29) is 30.2 Å². The van der Waals surface area contributed by atoms with Crippen molar-refractivity contribution in [2.24, 2.45) is 0 Å². The fourth-order valence-electron chi connectivity index (χ4n) is 3.67. The number of carbonyl (C=O) groups is 3. The summed E-state index contributed by atoms with van der Waals surface area (Å²) in [7, 11) is 0. The number of rotatable bonds is 5. The van der Waals surface area contributed by atoms with Crippen LogP contribution in [-0.2, 0) is 9.59 Å². The first-order chi connectivity index (χ1) is 12.7. The molecule has 2 aliphatic heterocycles. The van der Waals surface area contributed by atoms with E-state index in [2.05, 4.69) is 38.3 Å². The maximum Gasteiger partial charge on any atom is 0.325 e. The van der Waals surface area contributed by atoms with Crippen LogP contribution in [0, 0.1) is 0 Å². The molecular weight excluding hydrogens is 362 g/mol. The highest BCUT2D eigenvalue weighted by Crippen LogP contribution is 2.34. The summed E-state index contributed by atoms with van der Waals surface area (Å²) >= 11 is 1.65. The second-order valence-electron chi connectivity index (χ2n) is 7.88. The first-order valence-electron chi connectivity index (χ1n) is 9.39. The minimum absolute atomic E-state index is 0.245. The van der Waals surface area contributed by atoms with E-state index < -0.39 is 11.6 Å². The van der Waals surface area contributed by atoms with Gasteiger partial charge in [-0.15, -0.1) is 0 Å². The van der Waals surface area contributed by atoms with E-state index in [4.69, 9.17) is 0 Å². The van der Waals surface area contributed by atoms with Gasteiger partial charge in [-0.3, -0.25) is 14.5 Å². The molecule has 0 aliphatic carbocycles. The number of amides is 4. The van der Waals surface area contributed by atoms with Gasteiger partial charge in [0.15, 0.2) is 0 Å². The smallest absolute Gasteiger partial charge is 0.324 e. The molecule has 3 rings (SSSR count). The molecule has 1 aromatic rings. The number of nitrogens with one attached hydrogen (secondary N) is 2. The fraction of sp³-hybridized carbons (Fsp3) is 0.550. The van der Waals surface area contributed by atoms with Crippen molar-refractivity contribution in [3.05, 3.63) is 29.3 Å². The molecule has 27 heavy (non-hydrogen) atoms. The number of carbonyl (C=O) groups excluding carboxylic acids is 3. The lowest BCUT2D eigenvalue weighted by atomic mass is 9.92. The molecule has 0 radical (unpaired) electrons. The van der Waals surface area contributed by atoms with Crippen molar-refractivity contribution in [2.75, 3.05) is 23.4 Å². The van der Waals surface area contributed by atoms with Gasteiger partial charge in [-0.05, 0) is 35.1 Å². The van der Waals surface area contributed by atoms with Gasteiger partial charge in [0.1, 0.15) is 12.1 Å². The lowest BCUT2D eigenvalue weighted by molar-refractivity contribution is -0.133. The Morgan fingerprint density at radius 2 is 1.85 bits per heavy atom. The summed E-state index contributed by atoms with van der Waals surface area (Å²) in [6.45, 7) is 8.05. The molecule has 2 fully saturated rings. The number of anilines is 1. The minimum atomic E-state index is -0.818. The van der Waals surface area contributed by atoms with Gasteiger partial charge < -0.3 is 10.6 Å². The van der Waals surface area contributed by atoms with E-state index in [1.807, 2.05) is 18.2 Å². The van der Waals surface area contributed by atoms with E-state index in [1.165, 1.54) is 0 Å². The highest BCUT2D eigenvalue weighted by molar-refractivity contribution is 7.99. The number of thioether (sulfide) groups is 1. The quantitative estimate of drug-likeness (QED) is 0.758. The molecular formula is C20H27N3O3S. The summed E-state index contributed by atoms with van der Waals surface area (Å²) in [4.78, 5) is 38.8. The maximum absolute atomic E-state index is 12.7. The maximum atomic E-state index is 12.7. The van der Waals surface area contributed by atoms with E-state index in [9.17, 15) is 14.4 Å². The SMILES string of the molecule is CC(C)c1cccc(C(C)C)c1NC(=O)CN1C(=O)NC2(CCSC2)C1=O. The van der Waals surface area contributed by atoms with Crippen molar-refractivity contribution in [3.63, 3.8) is 0 Å².